The Morgan fingerprint density at radius 3 is 2.46 bits per heavy atom. The maximum atomic E-state index is 12.8. The summed E-state index contributed by atoms with van der Waals surface area (Å²) in [6, 6.07) is 0.405. The van der Waals surface area contributed by atoms with Crippen molar-refractivity contribution in [3.8, 4) is 16.9 Å². The molecule has 10 nitrogen and oxygen atoms in total. The second-order valence-corrected chi connectivity index (χ2v) is 7.07. The number of rotatable bonds is 4. The SMILES string of the molecule is CNC(=O)Nc1cnn2cc(-c3cnn(C)c3)cc(OS(=O)(=O)C(F)(F)F)c12. The predicted octanol–water partition coefficient (Wildman–Crippen LogP) is 1.71. The lowest BCUT2D eigenvalue weighted by molar-refractivity contribution is -0.0499. The summed E-state index contributed by atoms with van der Waals surface area (Å²) in [6.45, 7) is 0. The number of aromatic nitrogens is 4. The van der Waals surface area contributed by atoms with Gasteiger partial charge in [-0.05, 0) is 6.07 Å². The molecule has 2 amide bonds. The average Bonchev–Trinajstić information content (AvgIpc) is 3.20. The zero-order valence-corrected chi connectivity index (χ0v) is 15.2. The van der Waals surface area contributed by atoms with Crippen LogP contribution in [-0.2, 0) is 17.2 Å². The number of fused-ring (bicyclic) bond motifs is 1. The van der Waals surface area contributed by atoms with Crippen LogP contribution in [0.1, 0.15) is 0 Å². The fraction of sp³-hybridized carbons (Fsp3) is 0.214. The van der Waals surface area contributed by atoms with Crippen LogP contribution in [0.5, 0.6) is 5.75 Å². The first-order valence-corrected chi connectivity index (χ1v) is 8.92. The van der Waals surface area contributed by atoms with Gasteiger partial charge in [0.25, 0.3) is 0 Å². The van der Waals surface area contributed by atoms with E-state index in [9.17, 15) is 26.4 Å². The summed E-state index contributed by atoms with van der Waals surface area (Å²) in [5.41, 5.74) is -5.09. The lowest BCUT2D eigenvalue weighted by Gasteiger charge is -2.13. The van der Waals surface area contributed by atoms with E-state index < -0.39 is 27.4 Å². The minimum absolute atomic E-state index is 0.0514. The van der Waals surface area contributed by atoms with Gasteiger partial charge in [0.2, 0.25) is 0 Å². The Balaban J connectivity index is 2.20. The van der Waals surface area contributed by atoms with Crippen LogP contribution in [0.25, 0.3) is 16.6 Å². The monoisotopic (exact) mass is 418 g/mol. The van der Waals surface area contributed by atoms with Gasteiger partial charge in [-0.1, -0.05) is 0 Å². The highest BCUT2D eigenvalue weighted by Gasteiger charge is 2.49. The summed E-state index contributed by atoms with van der Waals surface area (Å²) in [5.74, 6) is -0.664. The third-order valence-electron chi connectivity index (χ3n) is 3.57. The highest BCUT2D eigenvalue weighted by atomic mass is 32.2. The number of hydrogen-bond acceptors (Lipinski definition) is 6. The van der Waals surface area contributed by atoms with E-state index in [1.165, 1.54) is 24.1 Å². The van der Waals surface area contributed by atoms with Crippen molar-refractivity contribution in [3.63, 3.8) is 0 Å². The molecule has 0 spiro atoms. The molecule has 0 aromatic carbocycles. The molecule has 0 saturated heterocycles. The first-order valence-electron chi connectivity index (χ1n) is 7.51. The Morgan fingerprint density at radius 1 is 1.18 bits per heavy atom. The summed E-state index contributed by atoms with van der Waals surface area (Å²) in [5, 5.41) is 12.5. The van der Waals surface area contributed by atoms with E-state index in [-0.39, 0.29) is 11.2 Å². The van der Waals surface area contributed by atoms with Crippen molar-refractivity contribution in [1.29, 1.82) is 0 Å². The van der Waals surface area contributed by atoms with Gasteiger partial charge in [0, 0.05) is 37.6 Å². The fourth-order valence-electron chi connectivity index (χ4n) is 2.32. The highest BCUT2D eigenvalue weighted by molar-refractivity contribution is 7.88. The molecule has 0 unspecified atom stereocenters. The molecule has 0 bridgehead atoms. The molecular formula is C14H13F3N6O4S. The smallest absolute Gasteiger partial charge is 0.374 e. The summed E-state index contributed by atoms with van der Waals surface area (Å²) in [4.78, 5) is 11.6. The topological polar surface area (TPSA) is 120 Å². The Morgan fingerprint density at radius 2 is 1.89 bits per heavy atom. The third kappa shape index (κ3) is 3.58. The average molecular weight is 418 g/mol. The number of carbonyl (C=O) groups excluding carboxylic acids is 1. The number of anilines is 1. The Bertz CT molecular complexity index is 1150. The van der Waals surface area contributed by atoms with E-state index in [4.69, 9.17) is 0 Å². The van der Waals surface area contributed by atoms with Crippen LogP contribution >= 0.6 is 0 Å². The fourth-order valence-corrected chi connectivity index (χ4v) is 2.78. The second kappa shape index (κ2) is 6.70. The third-order valence-corrected chi connectivity index (χ3v) is 4.54. The standard InChI is InChI=1S/C14H13F3N6O4S/c1-18-13(24)21-10-5-20-23-7-8(9-4-19-22(2)6-9)3-11(12(10)23)27-28(25,26)14(15,16)17/h3-7H,1-2H3,(H2,18,21,24). The predicted molar refractivity (Wildman–Crippen MR) is 91.1 cm³/mol. The Labute approximate surface area is 156 Å². The van der Waals surface area contributed by atoms with Crippen molar-refractivity contribution in [1.82, 2.24) is 24.7 Å². The number of aryl methyl sites for hydroxylation is 1. The molecule has 2 N–H and O–H groups in total. The highest BCUT2D eigenvalue weighted by Crippen LogP contribution is 2.35. The molecule has 0 aliphatic rings. The molecule has 3 aromatic heterocycles. The van der Waals surface area contributed by atoms with Gasteiger partial charge in [-0.15, -0.1) is 0 Å². The number of nitrogens with one attached hydrogen (secondary N) is 2. The lowest BCUT2D eigenvalue weighted by Crippen LogP contribution is -2.28. The van der Waals surface area contributed by atoms with Crippen molar-refractivity contribution >= 4 is 27.4 Å². The number of pyridine rings is 1. The number of alkyl halides is 3. The number of amides is 2. The Hall–Kier alpha value is -3.29. The molecule has 14 heteroatoms. The van der Waals surface area contributed by atoms with E-state index in [0.717, 1.165) is 16.8 Å². The number of hydrogen-bond donors (Lipinski definition) is 2. The van der Waals surface area contributed by atoms with Crippen LogP contribution < -0.4 is 14.8 Å². The van der Waals surface area contributed by atoms with E-state index in [1.54, 1.807) is 13.2 Å². The van der Waals surface area contributed by atoms with Crippen LogP contribution in [0.15, 0.2) is 30.9 Å². The van der Waals surface area contributed by atoms with E-state index >= 15 is 0 Å². The van der Waals surface area contributed by atoms with Crippen LogP contribution in [-0.4, -0.2) is 46.4 Å². The zero-order valence-electron chi connectivity index (χ0n) is 14.4. The quantitative estimate of drug-likeness (QED) is 0.492. The van der Waals surface area contributed by atoms with Crippen LogP contribution in [0.3, 0.4) is 0 Å². The van der Waals surface area contributed by atoms with Crippen LogP contribution in [0.4, 0.5) is 23.7 Å². The van der Waals surface area contributed by atoms with Gasteiger partial charge in [0.15, 0.2) is 5.75 Å². The minimum atomic E-state index is -5.95. The van der Waals surface area contributed by atoms with Crippen molar-refractivity contribution in [2.24, 2.45) is 7.05 Å². The number of halogens is 3. The molecule has 3 aromatic rings. The molecule has 0 aliphatic carbocycles. The van der Waals surface area contributed by atoms with Crippen molar-refractivity contribution in [3.05, 3.63) is 30.9 Å². The first-order chi connectivity index (χ1) is 13.0. The summed E-state index contributed by atoms with van der Waals surface area (Å²) in [6.07, 6.45) is 5.56. The second-order valence-electron chi connectivity index (χ2n) is 5.53. The largest absolute Gasteiger partial charge is 0.534 e. The van der Waals surface area contributed by atoms with Gasteiger partial charge in [-0.3, -0.25) is 4.68 Å². The maximum Gasteiger partial charge on any atom is 0.534 e. The molecule has 0 fully saturated rings. The van der Waals surface area contributed by atoms with Crippen LogP contribution in [0, 0.1) is 0 Å². The van der Waals surface area contributed by atoms with E-state index in [1.807, 2.05) is 0 Å². The van der Waals surface area contributed by atoms with Crippen LogP contribution in [0.2, 0.25) is 0 Å². The molecule has 0 aliphatic heterocycles. The van der Waals surface area contributed by atoms with Crippen molar-refractivity contribution < 1.29 is 30.6 Å². The molecule has 0 atom stereocenters. The first kappa shape index (κ1) is 19.5. The van der Waals surface area contributed by atoms with Gasteiger partial charge in [0.1, 0.15) is 5.52 Å². The maximum absolute atomic E-state index is 12.8. The van der Waals surface area contributed by atoms with Crippen molar-refractivity contribution in [2.45, 2.75) is 5.51 Å². The summed E-state index contributed by atoms with van der Waals surface area (Å²) < 4.78 is 68.4. The molecule has 150 valence electrons. The Kier molecular flexibility index (Phi) is 4.66. The van der Waals surface area contributed by atoms with Gasteiger partial charge in [-0.25, -0.2) is 9.31 Å². The molecule has 3 heterocycles. The van der Waals surface area contributed by atoms with Gasteiger partial charge < -0.3 is 14.8 Å². The lowest BCUT2D eigenvalue weighted by atomic mass is 10.1. The van der Waals surface area contributed by atoms with Gasteiger partial charge >= 0.3 is 21.7 Å². The molecule has 28 heavy (non-hydrogen) atoms. The normalized spacial score (nSPS) is 12.2. The molecule has 3 rings (SSSR count). The number of nitrogens with zero attached hydrogens (tertiary/aromatic N) is 4. The van der Waals surface area contributed by atoms with Gasteiger partial charge in [0.05, 0.1) is 18.1 Å². The summed E-state index contributed by atoms with van der Waals surface area (Å²) in [7, 11) is -3.00. The van der Waals surface area contributed by atoms with Crippen molar-refractivity contribution in [2.75, 3.05) is 12.4 Å². The van der Waals surface area contributed by atoms with E-state index in [2.05, 4.69) is 25.0 Å². The van der Waals surface area contributed by atoms with Gasteiger partial charge in [-0.2, -0.15) is 31.8 Å². The summed E-state index contributed by atoms with van der Waals surface area (Å²) >= 11 is 0. The minimum Gasteiger partial charge on any atom is -0.374 e. The number of urea groups is 1. The zero-order chi connectivity index (χ0) is 20.7. The molecular weight excluding hydrogens is 405 g/mol. The molecule has 0 saturated carbocycles. The molecule has 0 radical (unpaired) electrons. The van der Waals surface area contributed by atoms with E-state index in [0.29, 0.717) is 11.1 Å². The number of carbonyl (C=O) groups is 1.